The first-order valence-corrected chi connectivity index (χ1v) is 6.54. The molecule has 3 rings (SSSR count). The van der Waals surface area contributed by atoms with Gasteiger partial charge in [0.1, 0.15) is 0 Å². The van der Waals surface area contributed by atoms with Crippen molar-refractivity contribution in [2.24, 2.45) is 5.73 Å². The summed E-state index contributed by atoms with van der Waals surface area (Å²) in [4.78, 5) is 4.32. The number of hydrogen-bond donors (Lipinski definition) is 1. The maximum absolute atomic E-state index is 6.12. The van der Waals surface area contributed by atoms with Crippen molar-refractivity contribution in [2.75, 3.05) is 0 Å². The van der Waals surface area contributed by atoms with Crippen molar-refractivity contribution in [3.63, 3.8) is 0 Å². The first-order chi connectivity index (χ1) is 8.26. The Bertz CT molecular complexity index is 526. The fourth-order valence-electron chi connectivity index (χ4n) is 1.82. The zero-order valence-electron chi connectivity index (χ0n) is 9.30. The van der Waals surface area contributed by atoms with Crippen LogP contribution in [0.2, 0.25) is 0 Å². The molecule has 1 aliphatic carbocycles. The molecule has 0 radical (unpaired) electrons. The Hall–Kier alpha value is -1.46. The van der Waals surface area contributed by atoms with Crippen LogP contribution in [0.1, 0.15) is 36.5 Å². The Morgan fingerprint density at radius 3 is 2.94 bits per heavy atom. The number of thiophene rings is 1. The van der Waals surface area contributed by atoms with Crippen molar-refractivity contribution >= 4 is 23.5 Å². The topological polar surface area (TPSA) is 64.9 Å². The molecule has 2 aromatic heterocycles. The van der Waals surface area contributed by atoms with Gasteiger partial charge in [-0.2, -0.15) is 16.3 Å². The minimum absolute atomic E-state index is 0.349. The van der Waals surface area contributed by atoms with Crippen molar-refractivity contribution in [3.8, 4) is 0 Å². The maximum atomic E-state index is 6.12. The summed E-state index contributed by atoms with van der Waals surface area (Å²) in [5.41, 5.74) is 6.91. The molecule has 2 N–H and O–H groups in total. The van der Waals surface area contributed by atoms with E-state index in [1.807, 2.05) is 23.6 Å². The molecule has 1 saturated carbocycles. The third-order valence-corrected chi connectivity index (χ3v) is 3.80. The van der Waals surface area contributed by atoms with Gasteiger partial charge < -0.3 is 10.3 Å². The summed E-state index contributed by atoms with van der Waals surface area (Å²) in [6.45, 7) is 0. The van der Waals surface area contributed by atoms with E-state index in [2.05, 4.69) is 15.5 Å². The van der Waals surface area contributed by atoms with Crippen molar-refractivity contribution in [1.29, 1.82) is 0 Å². The van der Waals surface area contributed by atoms with Crippen LogP contribution in [0.3, 0.4) is 0 Å². The Kier molecular flexibility index (Phi) is 2.57. The van der Waals surface area contributed by atoms with E-state index in [0.29, 0.717) is 11.7 Å². The van der Waals surface area contributed by atoms with E-state index in [4.69, 9.17) is 10.3 Å². The Labute approximate surface area is 103 Å². The summed E-state index contributed by atoms with van der Waals surface area (Å²) in [5, 5.41) is 8.04. The van der Waals surface area contributed by atoms with E-state index in [1.54, 1.807) is 11.3 Å². The monoisotopic (exact) mass is 247 g/mol. The molecule has 4 nitrogen and oxygen atoms in total. The van der Waals surface area contributed by atoms with Gasteiger partial charge in [0, 0.05) is 6.08 Å². The van der Waals surface area contributed by atoms with Crippen LogP contribution in [0.5, 0.6) is 0 Å². The van der Waals surface area contributed by atoms with Crippen LogP contribution in [0.4, 0.5) is 0 Å². The second-order valence-corrected chi connectivity index (χ2v) is 5.14. The fraction of sp³-hybridized carbons (Fsp3) is 0.333. The molecule has 1 fully saturated rings. The number of nitrogens with zero attached hydrogens (tertiary/aromatic N) is 2. The van der Waals surface area contributed by atoms with Crippen molar-refractivity contribution in [2.45, 2.75) is 24.8 Å². The highest BCUT2D eigenvalue weighted by Gasteiger charge is 2.38. The summed E-state index contributed by atoms with van der Waals surface area (Å²) in [6.07, 6.45) is 6.81. The molecule has 1 aliphatic rings. The van der Waals surface area contributed by atoms with Crippen molar-refractivity contribution < 1.29 is 4.52 Å². The molecule has 17 heavy (non-hydrogen) atoms. The molecule has 5 heteroatoms. The standard InChI is InChI=1S/C12H13N3OS/c13-12(5-1-6-12)11-14-10(16-15-11)3-2-9-4-7-17-8-9/h2-4,7-8H,1,5-6,13H2/b3-2+. The van der Waals surface area contributed by atoms with Crippen molar-refractivity contribution in [1.82, 2.24) is 10.1 Å². The molecule has 0 bridgehead atoms. The minimum atomic E-state index is -0.349. The second-order valence-electron chi connectivity index (χ2n) is 4.36. The van der Waals surface area contributed by atoms with Crippen LogP contribution in [-0.2, 0) is 5.54 Å². The number of rotatable bonds is 3. The largest absolute Gasteiger partial charge is 0.335 e. The highest BCUT2D eigenvalue weighted by Crippen LogP contribution is 2.36. The van der Waals surface area contributed by atoms with E-state index in [9.17, 15) is 0 Å². The van der Waals surface area contributed by atoms with E-state index in [-0.39, 0.29) is 5.54 Å². The molecule has 0 spiro atoms. The average molecular weight is 247 g/mol. The lowest BCUT2D eigenvalue weighted by Gasteiger charge is -2.34. The third-order valence-electron chi connectivity index (χ3n) is 3.09. The molecule has 88 valence electrons. The van der Waals surface area contributed by atoms with Gasteiger partial charge in [-0.1, -0.05) is 5.16 Å². The smallest absolute Gasteiger partial charge is 0.250 e. The van der Waals surface area contributed by atoms with Gasteiger partial charge in [0.2, 0.25) is 0 Å². The van der Waals surface area contributed by atoms with Gasteiger partial charge in [-0.15, -0.1) is 0 Å². The second kappa shape index (κ2) is 4.09. The summed E-state index contributed by atoms with van der Waals surface area (Å²) < 4.78 is 5.16. The maximum Gasteiger partial charge on any atom is 0.250 e. The fourth-order valence-corrected chi connectivity index (χ4v) is 2.45. The number of hydrogen-bond acceptors (Lipinski definition) is 5. The number of aromatic nitrogens is 2. The molecule has 0 aliphatic heterocycles. The minimum Gasteiger partial charge on any atom is -0.335 e. The molecule has 0 saturated heterocycles. The van der Waals surface area contributed by atoms with E-state index in [0.717, 1.165) is 24.8 Å². The van der Waals surface area contributed by atoms with Crippen molar-refractivity contribution in [3.05, 3.63) is 34.1 Å². The van der Waals surface area contributed by atoms with Crippen LogP contribution in [0.15, 0.2) is 21.3 Å². The van der Waals surface area contributed by atoms with Gasteiger partial charge in [0.25, 0.3) is 5.89 Å². The van der Waals surface area contributed by atoms with E-state index >= 15 is 0 Å². The van der Waals surface area contributed by atoms with Crippen LogP contribution in [0, 0.1) is 0 Å². The summed E-state index contributed by atoms with van der Waals surface area (Å²) in [6, 6.07) is 2.04. The average Bonchev–Trinajstić information content (AvgIpc) is 2.94. The molecule has 0 atom stereocenters. The van der Waals surface area contributed by atoms with E-state index < -0.39 is 0 Å². The van der Waals surface area contributed by atoms with Gasteiger partial charge in [-0.05, 0) is 47.7 Å². The number of nitrogens with two attached hydrogens (primary N) is 1. The van der Waals surface area contributed by atoms with Crippen LogP contribution in [0.25, 0.3) is 12.2 Å². The zero-order valence-corrected chi connectivity index (χ0v) is 10.1. The molecule has 0 amide bonds. The Morgan fingerprint density at radius 1 is 1.41 bits per heavy atom. The van der Waals surface area contributed by atoms with Crippen LogP contribution < -0.4 is 5.73 Å². The first-order valence-electron chi connectivity index (χ1n) is 5.60. The lowest BCUT2D eigenvalue weighted by Crippen LogP contribution is -2.44. The Balaban J connectivity index is 1.77. The SMILES string of the molecule is NC1(c2noc(/C=C/c3ccsc3)n2)CCC1. The van der Waals surface area contributed by atoms with E-state index in [1.165, 1.54) is 0 Å². The quantitative estimate of drug-likeness (QED) is 0.905. The molecule has 2 aromatic rings. The summed E-state index contributed by atoms with van der Waals surface area (Å²) in [7, 11) is 0. The normalized spacial score (nSPS) is 18.4. The lowest BCUT2D eigenvalue weighted by atomic mass is 9.77. The predicted molar refractivity (Wildman–Crippen MR) is 67.3 cm³/mol. The molecule has 2 heterocycles. The summed E-state index contributed by atoms with van der Waals surface area (Å²) in [5.74, 6) is 1.15. The first kappa shape index (κ1) is 10.7. The molecule has 0 aromatic carbocycles. The van der Waals surface area contributed by atoms with Gasteiger partial charge in [0.05, 0.1) is 5.54 Å². The van der Waals surface area contributed by atoms with Crippen LogP contribution in [-0.4, -0.2) is 10.1 Å². The lowest BCUT2D eigenvalue weighted by molar-refractivity contribution is 0.229. The molecular weight excluding hydrogens is 234 g/mol. The Morgan fingerprint density at radius 2 is 2.29 bits per heavy atom. The van der Waals surface area contributed by atoms with Gasteiger partial charge >= 0.3 is 0 Å². The predicted octanol–water partition coefficient (Wildman–Crippen LogP) is 2.64. The van der Waals surface area contributed by atoms with Crippen LogP contribution >= 0.6 is 11.3 Å². The van der Waals surface area contributed by atoms with Gasteiger partial charge in [0.15, 0.2) is 5.82 Å². The zero-order chi connectivity index (χ0) is 11.7. The highest BCUT2D eigenvalue weighted by molar-refractivity contribution is 7.08. The van der Waals surface area contributed by atoms with Gasteiger partial charge in [-0.3, -0.25) is 0 Å². The third kappa shape index (κ3) is 2.03. The summed E-state index contributed by atoms with van der Waals surface area (Å²) >= 11 is 1.66. The molecule has 0 unspecified atom stereocenters. The highest BCUT2D eigenvalue weighted by atomic mass is 32.1. The molecular formula is C12H13N3OS. The van der Waals surface area contributed by atoms with Gasteiger partial charge in [-0.25, -0.2) is 0 Å².